The van der Waals surface area contributed by atoms with E-state index in [0.29, 0.717) is 32.1 Å². The Kier molecular flexibility index (Phi) is 8.91. The van der Waals surface area contributed by atoms with E-state index in [9.17, 15) is 18.0 Å². The number of carbonyl (C=O) groups is 2. The number of sulfonamides is 1. The predicted octanol–water partition coefficient (Wildman–Crippen LogP) is 1.59. The van der Waals surface area contributed by atoms with E-state index in [-0.39, 0.29) is 42.1 Å². The number of benzene rings is 1. The van der Waals surface area contributed by atoms with E-state index in [4.69, 9.17) is 14.2 Å². The van der Waals surface area contributed by atoms with Gasteiger partial charge in [0.1, 0.15) is 12.3 Å². The van der Waals surface area contributed by atoms with Gasteiger partial charge in [-0.15, -0.1) is 0 Å². The molecule has 10 nitrogen and oxygen atoms in total. The average Bonchev–Trinajstić information content (AvgIpc) is 2.78. The summed E-state index contributed by atoms with van der Waals surface area (Å²) in [6, 6.07) is 4.44. The van der Waals surface area contributed by atoms with E-state index in [0.717, 1.165) is 6.42 Å². The normalized spacial score (nSPS) is 21.3. The standard InChI is InChI=1S/C23H35N3O7S/c1-5-31-23(32-6-2)11-24-21(27)14-26-19-10-18(7-8-20(19)33-15-22(26)28)34(29,30)25-12-16(3)9-17(4)13-25/h7-8,10,16-17,23H,5-6,9,11-15H2,1-4H3,(H,24,27)/t16-,17+. The number of carbonyl (C=O) groups excluding carboxylic acids is 2. The minimum atomic E-state index is -3.76. The van der Waals surface area contributed by atoms with Crippen LogP contribution >= 0.6 is 0 Å². The number of nitrogens with zero attached hydrogens (tertiary/aromatic N) is 2. The van der Waals surface area contributed by atoms with Gasteiger partial charge in [-0.1, -0.05) is 13.8 Å². The molecule has 2 heterocycles. The van der Waals surface area contributed by atoms with Gasteiger partial charge in [0.25, 0.3) is 5.91 Å². The Hall–Kier alpha value is -2.21. The van der Waals surface area contributed by atoms with Crippen molar-refractivity contribution in [2.24, 2.45) is 11.8 Å². The van der Waals surface area contributed by atoms with Crippen LogP contribution in [0.4, 0.5) is 5.69 Å². The van der Waals surface area contributed by atoms with E-state index in [1.54, 1.807) is 0 Å². The summed E-state index contributed by atoms with van der Waals surface area (Å²) in [5.41, 5.74) is 0.261. The van der Waals surface area contributed by atoms with E-state index < -0.39 is 28.1 Å². The average molecular weight is 498 g/mol. The van der Waals surface area contributed by atoms with Crippen molar-refractivity contribution in [1.82, 2.24) is 9.62 Å². The third kappa shape index (κ3) is 6.26. The molecule has 34 heavy (non-hydrogen) atoms. The zero-order chi connectivity index (χ0) is 24.9. The molecular formula is C23H35N3O7S. The first-order valence-corrected chi connectivity index (χ1v) is 13.2. The molecular weight excluding hydrogens is 462 g/mol. The summed E-state index contributed by atoms with van der Waals surface area (Å²) in [6.45, 7) is 9.13. The number of amides is 2. The van der Waals surface area contributed by atoms with Gasteiger partial charge in [-0.2, -0.15) is 4.31 Å². The summed E-state index contributed by atoms with van der Waals surface area (Å²) in [6.07, 6.45) is 0.396. The van der Waals surface area contributed by atoms with E-state index >= 15 is 0 Å². The quantitative estimate of drug-likeness (QED) is 0.488. The zero-order valence-electron chi connectivity index (χ0n) is 20.3. The number of fused-ring (bicyclic) bond motifs is 1. The van der Waals surface area contributed by atoms with Crippen molar-refractivity contribution in [3.8, 4) is 5.75 Å². The van der Waals surface area contributed by atoms with Gasteiger partial charge in [-0.3, -0.25) is 14.5 Å². The van der Waals surface area contributed by atoms with E-state index in [1.807, 2.05) is 27.7 Å². The summed E-state index contributed by atoms with van der Waals surface area (Å²) < 4.78 is 44.5. The summed E-state index contributed by atoms with van der Waals surface area (Å²) in [7, 11) is -3.76. The van der Waals surface area contributed by atoms with Crippen molar-refractivity contribution in [3.05, 3.63) is 18.2 Å². The lowest BCUT2D eigenvalue weighted by atomic mass is 9.94. The molecule has 0 aliphatic carbocycles. The molecule has 11 heteroatoms. The molecule has 0 saturated carbocycles. The monoisotopic (exact) mass is 497 g/mol. The van der Waals surface area contributed by atoms with Crippen molar-refractivity contribution in [2.75, 3.05) is 50.9 Å². The fourth-order valence-corrected chi connectivity index (χ4v) is 6.10. The highest BCUT2D eigenvalue weighted by Gasteiger charge is 2.34. The summed E-state index contributed by atoms with van der Waals surface area (Å²) in [5.74, 6) is 0.0336. The molecule has 2 aliphatic rings. The lowest BCUT2D eigenvalue weighted by molar-refractivity contribution is -0.140. The minimum absolute atomic E-state index is 0.0732. The number of piperidine rings is 1. The van der Waals surface area contributed by atoms with Crippen LogP contribution in [0.5, 0.6) is 5.75 Å². The molecule has 2 aliphatic heterocycles. The number of ether oxygens (including phenoxy) is 3. The molecule has 2 atom stereocenters. The Morgan fingerprint density at radius 1 is 1.18 bits per heavy atom. The highest BCUT2D eigenvalue weighted by atomic mass is 32.2. The Morgan fingerprint density at radius 2 is 1.82 bits per heavy atom. The highest BCUT2D eigenvalue weighted by molar-refractivity contribution is 7.89. The first-order valence-electron chi connectivity index (χ1n) is 11.7. The minimum Gasteiger partial charge on any atom is -0.482 e. The molecule has 1 aromatic carbocycles. The van der Waals surface area contributed by atoms with Crippen LogP contribution in [0, 0.1) is 11.8 Å². The number of hydrogen-bond donors (Lipinski definition) is 1. The van der Waals surface area contributed by atoms with Crippen molar-refractivity contribution in [1.29, 1.82) is 0 Å². The fourth-order valence-electron chi connectivity index (χ4n) is 4.40. The summed E-state index contributed by atoms with van der Waals surface area (Å²) in [5, 5.41) is 2.71. The molecule has 1 fully saturated rings. The molecule has 190 valence electrons. The molecule has 1 saturated heterocycles. The van der Waals surface area contributed by atoms with Crippen LogP contribution in [0.25, 0.3) is 0 Å². The lowest BCUT2D eigenvalue weighted by Gasteiger charge is -2.34. The SMILES string of the molecule is CCOC(CNC(=O)CN1C(=O)COc2ccc(S(=O)(=O)N3C[C@H](C)C[C@H](C)C3)cc21)OCC. The topological polar surface area (TPSA) is 114 Å². The second-order valence-corrected chi connectivity index (χ2v) is 10.7. The van der Waals surface area contributed by atoms with Crippen molar-refractivity contribution >= 4 is 27.5 Å². The van der Waals surface area contributed by atoms with Gasteiger partial charge in [0, 0.05) is 26.3 Å². The van der Waals surface area contributed by atoms with Gasteiger partial charge in [0.05, 0.1) is 17.1 Å². The van der Waals surface area contributed by atoms with Crippen LogP contribution in [0.15, 0.2) is 23.1 Å². The number of anilines is 1. The van der Waals surface area contributed by atoms with Crippen LogP contribution in [0.2, 0.25) is 0 Å². The zero-order valence-corrected chi connectivity index (χ0v) is 21.1. The smallest absolute Gasteiger partial charge is 0.265 e. The molecule has 0 spiro atoms. The summed E-state index contributed by atoms with van der Waals surface area (Å²) >= 11 is 0. The number of hydrogen-bond acceptors (Lipinski definition) is 7. The van der Waals surface area contributed by atoms with Crippen LogP contribution < -0.4 is 15.0 Å². The van der Waals surface area contributed by atoms with Gasteiger partial charge >= 0.3 is 0 Å². The van der Waals surface area contributed by atoms with Crippen LogP contribution in [-0.4, -0.2) is 76.8 Å². The van der Waals surface area contributed by atoms with Crippen molar-refractivity contribution in [3.63, 3.8) is 0 Å². The predicted molar refractivity (Wildman–Crippen MR) is 126 cm³/mol. The van der Waals surface area contributed by atoms with Crippen LogP contribution in [-0.2, 0) is 29.1 Å². The number of nitrogens with one attached hydrogen (secondary N) is 1. The van der Waals surface area contributed by atoms with Gasteiger partial charge in [-0.05, 0) is 50.3 Å². The Labute approximate surface area is 201 Å². The molecule has 0 radical (unpaired) electrons. The second kappa shape index (κ2) is 11.5. The van der Waals surface area contributed by atoms with E-state index in [2.05, 4.69) is 5.32 Å². The molecule has 1 N–H and O–H groups in total. The summed E-state index contributed by atoms with van der Waals surface area (Å²) in [4.78, 5) is 26.5. The molecule has 0 aromatic heterocycles. The van der Waals surface area contributed by atoms with Gasteiger partial charge in [0.2, 0.25) is 15.9 Å². The van der Waals surface area contributed by atoms with Crippen molar-refractivity contribution < 1.29 is 32.2 Å². The van der Waals surface area contributed by atoms with Crippen molar-refractivity contribution in [2.45, 2.75) is 45.3 Å². The highest BCUT2D eigenvalue weighted by Crippen LogP contribution is 2.36. The van der Waals surface area contributed by atoms with Crippen LogP contribution in [0.3, 0.4) is 0 Å². The van der Waals surface area contributed by atoms with Crippen LogP contribution in [0.1, 0.15) is 34.1 Å². The molecule has 0 bridgehead atoms. The number of rotatable bonds is 10. The molecule has 3 rings (SSSR count). The second-order valence-electron chi connectivity index (χ2n) is 8.81. The molecule has 2 amide bonds. The third-order valence-electron chi connectivity index (χ3n) is 5.82. The van der Waals surface area contributed by atoms with E-state index in [1.165, 1.54) is 27.4 Å². The lowest BCUT2D eigenvalue weighted by Crippen LogP contribution is -2.47. The Balaban J connectivity index is 1.78. The third-order valence-corrected chi connectivity index (χ3v) is 7.65. The first-order chi connectivity index (χ1) is 16.1. The fraction of sp³-hybridized carbons (Fsp3) is 0.652. The maximum atomic E-state index is 13.3. The van der Waals surface area contributed by atoms with Gasteiger partial charge in [-0.25, -0.2) is 8.42 Å². The Morgan fingerprint density at radius 3 is 2.44 bits per heavy atom. The van der Waals surface area contributed by atoms with Gasteiger partial charge in [0.15, 0.2) is 12.9 Å². The molecule has 1 aromatic rings. The molecule has 0 unspecified atom stereocenters. The first kappa shape index (κ1) is 26.4. The maximum Gasteiger partial charge on any atom is 0.265 e. The van der Waals surface area contributed by atoms with Gasteiger partial charge < -0.3 is 19.5 Å². The Bertz CT molecular complexity index is 969. The largest absolute Gasteiger partial charge is 0.482 e. The maximum absolute atomic E-state index is 13.3.